The molecule has 0 aromatic carbocycles. The monoisotopic (exact) mass is 1830 g/mol. The number of carbonyl (C=O) groups is 1. The zero-order valence-corrected chi connectivity index (χ0v) is 66.0. The van der Waals surface area contributed by atoms with Crippen molar-refractivity contribution in [2.24, 2.45) is 29.4 Å². The molecule has 10 aliphatic rings. The molecule has 49 heteroatoms. The third kappa shape index (κ3) is 20.5. The lowest BCUT2D eigenvalue weighted by molar-refractivity contribution is -0.401. The first-order chi connectivity index (χ1) is 55.3. The highest BCUT2D eigenvalue weighted by atomic mass is 127. The summed E-state index contributed by atoms with van der Waals surface area (Å²) in [5.74, 6) is -9.35. The Hall–Kier alpha value is -1.64. The Kier molecular flexibility index (Phi) is 34.9. The van der Waals surface area contributed by atoms with Crippen molar-refractivity contribution in [3.8, 4) is 0 Å². The summed E-state index contributed by atoms with van der Waals surface area (Å²) in [5, 5.41) is 299. The Morgan fingerprint density at radius 1 is 0.376 bits per heavy atom. The number of carboxylic acid groups (broad SMARTS) is 1. The minimum atomic E-state index is -2.93. The second kappa shape index (κ2) is 41.9. The van der Waals surface area contributed by atoms with Crippen LogP contribution in [0, 0.1) is 23.7 Å². The van der Waals surface area contributed by atoms with Crippen molar-refractivity contribution in [3.05, 3.63) is 0 Å². The summed E-state index contributed by atoms with van der Waals surface area (Å²) in [4.78, 5) is 12.8. The third-order valence-corrected chi connectivity index (χ3v) is 25.1. The first kappa shape index (κ1) is 97.6. The van der Waals surface area contributed by atoms with E-state index in [0.717, 1.165) is 0 Å². The molecule has 0 aromatic heterocycles. The first-order valence-electron chi connectivity index (χ1n) is 38.5. The molecule has 0 bridgehead atoms. The van der Waals surface area contributed by atoms with Crippen LogP contribution in [0.25, 0.3) is 0 Å². The van der Waals surface area contributed by atoms with Crippen molar-refractivity contribution in [3.63, 3.8) is 0 Å². The maximum absolute atomic E-state index is 12.8. The number of aliphatic hydroxyl groups excluding tert-OH is 26. The summed E-state index contributed by atoms with van der Waals surface area (Å²) in [6.07, 6.45) is -81.9. The van der Waals surface area contributed by atoms with Gasteiger partial charge in [0.05, 0.1) is 125 Å². The van der Waals surface area contributed by atoms with Gasteiger partial charge in [0, 0.05) is 30.1 Å². The molecule has 0 aromatic rings. The van der Waals surface area contributed by atoms with E-state index in [9.17, 15) is 143 Å². The molecule has 10 aliphatic heterocycles. The molecule has 51 atom stereocenters. The number of aliphatic carboxylic acids is 1. The van der Waals surface area contributed by atoms with E-state index >= 15 is 0 Å². The molecule has 10 rings (SSSR count). The van der Waals surface area contributed by atoms with Crippen LogP contribution in [0.1, 0.15) is 41.0 Å². The minimum absolute atomic E-state index is 0.547. The number of carboxylic acids is 1. The Balaban J connectivity index is 0.893. The first-order valence-corrected chi connectivity index (χ1v) is 39.7. The largest absolute Gasteiger partial charge is 0.477 e. The molecule has 48 nitrogen and oxygen atoms in total. The predicted octanol–water partition coefficient (Wildman–Crippen LogP) is -16.0. The molecule has 0 aliphatic carbocycles. The quantitative estimate of drug-likeness (QED) is 0.0226. The summed E-state index contributed by atoms with van der Waals surface area (Å²) in [6, 6.07) is -1.56. The molecule has 10 saturated heterocycles. The molecule has 29 N–H and O–H groups in total. The van der Waals surface area contributed by atoms with Crippen LogP contribution < -0.4 is 5.73 Å². The Morgan fingerprint density at radius 2 is 0.726 bits per heavy atom. The van der Waals surface area contributed by atoms with Gasteiger partial charge in [-0.1, -0.05) is 50.3 Å². The van der Waals surface area contributed by atoms with Crippen molar-refractivity contribution in [1.29, 1.82) is 0 Å². The maximum atomic E-state index is 12.8. The Labute approximate surface area is 680 Å². The van der Waals surface area contributed by atoms with E-state index in [-0.39, 0.29) is 0 Å². The zero-order chi connectivity index (χ0) is 86.2. The summed E-state index contributed by atoms with van der Waals surface area (Å²) in [7, 11) is 0. The van der Waals surface area contributed by atoms with Crippen LogP contribution in [0.2, 0.25) is 0 Å². The molecule has 0 amide bonds. The average molecular weight is 1830 g/mol. The van der Waals surface area contributed by atoms with Gasteiger partial charge in [-0.25, -0.2) is 4.79 Å². The molecule has 22 unspecified atom stereocenters. The molecule has 0 radical (unpaired) electrons. The highest BCUT2D eigenvalue weighted by Crippen LogP contribution is 2.43. The van der Waals surface area contributed by atoms with Crippen molar-refractivity contribution >= 4 is 28.6 Å². The van der Waals surface area contributed by atoms with Crippen molar-refractivity contribution in [2.75, 3.05) is 66.1 Å². The number of rotatable bonds is 31. The van der Waals surface area contributed by atoms with Crippen molar-refractivity contribution in [2.45, 2.75) is 327 Å². The molecule has 117 heavy (non-hydrogen) atoms. The number of nitrogens with two attached hydrogens (primary N) is 1. The van der Waals surface area contributed by atoms with Crippen molar-refractivity contribution < 1.29 is 233 Å². The summed E-state index contributed by atoms with van der Waals surface area (Å²) < 4.78 is 113. The second-order valence-corrected chi connectivity index (χ2v) is 32.8. The summed E-state index contributed by atoms with van der Waals surface area (Å²) >= 11 is 1.76. The van der Waals surface area contributed by atoms with Gasteiger partial charge < -0.3 is 234 Å². The number of aliphatic hydroxyl groups is 26. The van der Waals surface area contributed by atoms with Gasteiger partial charge in [0.25, 0.3) is 5.79 Å². The number of hydrogen-bond donors (Lipinski definition) is 28. The fraction of sp³-hybridized carbons (Fsp3) is 0.985. The zero-order valence-electron chi connectivity index (χ0n) is 63.8. The van der Waals surface area contributed by atoms with Crippen LogP contribution in [-0.4, -0.2) is 496 Å². The van der Waals surface area contributed by atoms with Gasteiger partial charge in [-0.05, 0) is 6.92 Å². The molecular formula is C68H116INO47. The summed E-state index contributed by atoms with van der Waals surface area (Å²) in [6.45, 7) is -2.28. The van der Waals surface area contributed by atoms with Crippen LogP contribution >= 0.6 is 22.6 Å². The van der Waals surface area contributed by atoms with E-state index in [2.05, 4.69) is 0 Å². The number of alkyl halides is 1. The number of ether oxygens (including phenoxy) is 19. The topological polar surface area (TPSA) is 765 Å². The smallest absolute Gasteiger partial charge is 0.364 e. The fourth-order valence-electron chi connectivity index (χ4n) is 15.8. The van der Waals surface area contributed by atoms with Crippen LogP contribution in [0.3, 0.4) is 0 Å². The van der Waals surface area contributed by atoms with E-state index < -0.39 is 388 Å². The molecule has 0 spiro atoms. The van der Waals surface area contributed by atoms with Crippen LogP contribution in [0.5, 0.6) is 0 Å². The highest BCUT2D eigenvalue weighted by molar-refractivity contribution is 14.1. The molecule has 10 heterocycles. The van der Waals surface area contributed by atoms with E-state index in [4.69, 9.17) is 95.7 Å². The van der Waals surface area contributed by atoms with E-state index in [1.54, 1.807) is 36.4 Å². The van der Waals surface area contributed by atoms with Crippen molar-refractivity contribution in [1.82, 2.24) is 0 Å². The maximum Gasteiger partial charge on any atom is 0.364 e. The Bertz CT molecular complexity index is 3030. The van der Waals surface area contributed by atoms with E-state index in [0.29, 0.717) is 0 Å². The normalized spacial score (nSPS) is 52.1. The fourth-order valence-corrected chi connectivity index (χ4v) is 16.6. The lowest BCUT2D eigenvalue weighted by Crippen LogP contribution is -2.68. The molecule has 682 valence electrons. The standard InChI is InChI=1S/C68H116INO47/c1-17-21(5)101-27(11-75)51(35(17)81)110-59-18(2)36(82)54(30(14-78)105-59)113-64-50(96)56(114-66-58(47(93)41(87)26(10-74)104-66)116-61-20(4)38(84)52(28(12-76)107-61)111-62-48(94)44(90)33(69)24(8-72)102-62)43(89)31(108-64)15-99-65-57(46(92)40(86)25(9-73)103-65)115-60-19(3)37(83)53(29(13-77)106-60)112-63-49(95)45(91)42(88)32(109-63)16-100-68(67(97)98)6-22(79)34(70)55(117-68)39(85)23(80)7-71/h17-66,71-96H,6-16,70H2,1-5H3,(H,97,98)/t17-,18+,19?,20+,21+,22-,23?,24?,25?,26-,27?,28?,29+,30?,31?,32?,33+,34-,35?,36?,37?,38?,39?,40-,41-,42+,43-,44?,45?,46?,47?,48+,49?,50-,51-,52+,53-,54-,55?,56?,57-,58?,59+,60+,61+,62+,63+,64+,65+,66-,68-/m1/s1. The van der Waals surface area contributed by atoms with Gasteiger partial charge in [-0.3, -0.25) is 0 Å². The average Bonchev–Trinajstić information content (AvgIpc) is 0.769. The van der Waals surface area contributed by atoms with Gasteiger partial charge in [0.1, 0.15) is 171 Å². The van der Waals surface area contributed by atoms with Crippen LogP contribution in [-0.2, 0) is 94.8 Å². The molecular weight excluding hydrogens is 1710 g/mol. The van der Waals surface area contributed by atoms with Crippen LogP contribution in [0.15, 0.2) is 0 Å². The number of halogens is 1. The Morgan fingerprint density at radius 3 is 1.17 bits per heavy atom. The SMILES string of the molecule is CC1C(O)[C@H](O[C@@H]2OC(CO[C@]3(C(=O)O)C[C@@H](O)[C@@H](N)C(C(O)C(O)CO)O3)[C@H](O)C(O)C2O)[C@H](CO)O[C@H]1O[C@@H]1C(O)[C@H](O)C(CO)O[C@@H]1OCC1O[C@@H](O[C@@H]2C(CO)O[C@@H](O[C@@H]3C(CO)O[C@@H](C)[C@@H](C)C3O)[C@@H](C)C2O)[C@H](O)C(O[C@H]2O[C@H](CO)[C@@H](O)C(O)C2O[C@@H]2OC(CO)[C@H](O[C@@H]3OC(CO)[C@H](I)C(O)[C@@H]3O)C(O)[C@@H]2C)[C@@H]1O. The second-order valence-electron chi connectivity index (χ2n) is 31.3. The van der Waals surface area contributed by atoms with Gasteiger partial charge in [-0.15, -0.1) is 0 Å². The number of hydrogen-bond acceptors (Lipinski definition) is 47. The minimum Gasteiger partial charge on any atom is -0.477 e. The van der Waals surface area contributed by atoms with E-state index in [1.165, 1.54) is 20.8 Å². The highest BCUT2D eigenvalue weighted by Gasteiger charge is 2.62. The summed E-state index contributed by atoms with van der Waals surface area (Å²) in [5.41, 5.74) is 5.96. The van der Waals surface area contributed by atoms with E-state index in [1.807, 2.05) is 0 Å². The van der Waals surface area contributed by atoms with Gasteiger partial charge in [0.15, 0.2) is 50.3 Å². The van der Waals surface area contributed by atoms with Gasteiger partial charge in [-0.2, -0.15) is 0 Å². The molecule has 10 fully saturated rings. The lowest BCUT2D eigenvalue weighted by atomic mass is 9.88. The predicted molar refractivity (Wildman–Crippen MR) is 377 cm³/mol. The van der Waals surface area contributed by atoms with Gasteiger partial charge in [0.2, 0.25) is 0 Å². The third-order valence-electron chi connectivity index (χ3n) is 23.6. The van der Waals surface area contributed by atoms with Crippen LogP contribution in [0.4, 0.5) is 0 Å². The lowest BCUT2D eigenvalue weighted by Gasteiger charge is -2.51. The van der Waals surface area contributed by atoms with Gasteiger partial charge >= 0.3 is 5.97 Å². The molecule has 0 saturated carbocycles.